The average Bonchev–Trinajstić information content (AvgIpc) is 1.83. The summed E-state index contributed by atoms with van der Waals surface area (Å²) in [5.41, 5.74) is 0. The molecule has 0 bridgehead atoms. The van der Waals surface area contributed by atoms with Gasteiger partial charge in [0.1, 0.15) is 5.40 Å². The molecule has 8 heavy (non-hydrogen) atoms. The van der Waals surface area contributed by atoms with E-state index in [1.54, 1.807) is 0 Å². The smallest absolute Gasteiger partial charge is 0.150 e. The molecule has 0 fully saturated rings. The zero-order valence-electron chi connectivity index (χ0n) is 5.22. The predicted molar refractivity (Wildman–Crippen MR) is 36.1 cm³/mol. The van der Waals surface area contributed by atoms with Gasteiger partial charge >= 0.3 is 0 Å². The SMILES string of the molecule is CCN(CC)SC#N. The van der Waals surface area contributed by atoms with Crippen molar-refractivity contribution in [3.05, 3.63) is 0 Å². The van der Waals surface area contributed by atoms with Gasteiger partial charge in [0.2, 0.25) is 0 Å². The van der Waals surface area contributed by atoms with Crippen LogP contribution in [0.1, 0.15) is 13.8 Å². The van der Waals surface area contributed by atoms with E-state index in [0.29, 0.717) is 0 Å². The summed E-state index contributed by atoms with van der Waals surface area (Å²) in [6, 6.07) is 0. The van der Waals surface area contributed by atoms with Gasteiger partial charge in [-0.1, -0.05) is 13.8 Å². The van der Waals surface area contributed by atoms with Crippen LogP contribution in [0.2, 0.25) is 0 Å². The minimum absolute atomic E-state index is 0.939. The van der Waals surface area contributed by atoms with Crippen LogP contribution in [0.25, 0.3) is 0 Å². The number of nitriles is 1. The fourth-order valence-corrected chi connectivity index (χ4v) is 0.784. The maximum Gasteiger partial charge on any atom is 0.150 e. The van der Waals surface area contributed by atoms with E-state index in [1.165, 1.54) is 11.9 Å². The van der Waals surface area contributed by atoms with Crippen LogP contribution in [0, 0.1) is 10.7 Å². The fourth-order valence-electron chi connectivity index (χ4n) is 0.410. The molecule has 0 rings (SSSR count). The first kappa shape index (κ1) is 7.80. The van der Waals surface area contributed by atoms with E-state index in [9.17, 15) is 0 Å². The van der Waals surface area contributed by atoms with Crippen LogP contribution in [0.3, 0.4) is 0 Å². The molecule has 0 spiro atoms. The summed E-state index contributed by atoms with van der Waals surface area (Å²) in [6.07, 6.45) is 0. The van der Waals surface area contributed by atoms with E-state index < -0.39 is 0 Å². The maximum atomic E-state index is 8.17. The molecule has 0 amide bonds. The summed E-state index contributed by atoms with van der Waals surface area (Å²) in [5, 5.41) is 10.2. The molecule has 2 nitrogen and oxygen atoms in total. The molecule has 0 radical (unpaired) electrons. The second kappa shape index (κ2) is 4.95. The molecule has 0 heterocycles. The Kier molecular flexibility index (Phi) is 4.82. The molecule has 0 unspecified atom stereocenters. The van der Waals surface area contributed by atoms with Gasteiger partial charge in [0.15, 0.2) is 0 Å². The molecule has 0 aliphatic heterocycles. The molecular formula is C5H10N2S. The Morgan fingerprint density at radius 2 is 2.00 bits per heavy atom. The summed E-state index contributed by atoms with van der Waals surface area (Å²) in [4.78, 5) is 0. The zero-order chi connectivity index (χ0) is 6.41. The topological polar surface area (TPSA) is 27.0 Å². The Balaban J connectivity index is 3.25. The lowest BCUT2D eigenvalue weighted by Crippen LogP contribution is -2.12. The van der Waals surface area contributed by atoms with Crippen molar-refractivity contribution >= 4 is 11.9 Å². The number of rotatable bonds is 3. The molecule has 0 atom stereocenters. The van der Waals surface area contributed by atoms with E-state index >= 15 is 0 Å². The first-order valence-corrected chi connectivity index (χ1v) is 3.43. The number of hydrogen-bond donors (Lipinski definition) is 0. The van der Waals surface area contributed by atoms with Gasteiger partial charge in [0, 0.05) is 25.0 Å². The first-order valence-electron chi connectivity index (χ1n) is 2.66. The minimum atomic E-state index is 0.939. The summed E-state index contributed by atoms with van der Waals surface area (Å²) >= 11 is 1.22. The van der Waals surface area contributed by atoms with Crippen molar-refractivity contribution in [1.29, 1.82) is 5.26 Å². The molecule has 0 aromatic heterocycles. The molecule has 0 saturated carbocycles. The van der Waals surface area contributed by atoms with Gasteiger partial charge in [-0.15, -0.1) is 0 Å². The summed E-state index contributed by atoms with van der Waals surface area (Å²) in [6.45, 7) is 5.95. The minimum Gasteiger partial charge on any atom is -0.238 e. The highest BCUT2D eigenvalue weighted by Crippen LogP contribution is 2.04. The van der Waals surface area contributed by atoms with Crippen molar-refractivity contribution in [2.45, 2.75) is 13.8 Å². The van der Waals surface area contributed by atoms with Crippen molar-refractivity contribution < 1.29 is 0 Å². The normalized spacial score (nSPS) is 9.25. The van der Waals surface area contributed by atoms with Crippen LogP contribution < -0.4 is 0 Å². The van der Waals surface area contributed by atoms with Gasteiger partial charge in [0.25, 0.3) is 0 Å². The lowest BCUT2D eigenvalue weighted by Gasteiger charge is -2.09. The van der Waals surface area contributed by atoms with Crippen LogP contribution in [0.5, 0.6) is 0 Å². The monoisotopic (exact) mass is 130 g/mol. The van der Waals surface area contributed by atoms with E-state index in [1.807, 2.05) is 23.6 Å². The molecule has 0 aliphatic rings. The number of hydrogen-bond acceptors (Lipinski definition) is 3. The molecular weight excluding hydrogens is 120 g/mol. The molecule has 0 aliphatic carbocycles. The van der Waals surface area contributed by atoms with Crippen molar-refractivity contribution in [3.8, 4) is 5.40 Å². The van der Waals surface area contributed by atoms with Crippen LogP contribution in [0.15, 0.2) is 0 Å². The van der Waals surface area contributed by atoms with Gasteiger partial charge in [0.05, 0.1) is 0 Å². The second-order valence-corrected chi connectivity index (χ2v) is 2.18. The summed E-state index contributed by atoms with van der Waals surface area (Å²) in [5.74, 6) is 0. The van der Waals surface area contributed by atoms with E-state index in [0.717, 1.165) is 13.1 Å². The lowest BCUT2D eigenvalue weighted by atomic mass is 10.7. The Morgan fingerprint density at radius 1 is 1.50 bits per heavy atom. The third kappa shape index (κ3) is 2.89. The Hall–Kier alpha value is -0.200. The van der Waals surface area contributed by atoms with Gasteiger partial charge in [-0.3, -0.25) is 0 Å². The summed E-state index contributed by atoms with van der Waals surface area (Å²) in [7, 11) is 0. The standard InChI is InChI=1S/C5H10N2S/c1-3-7(4-2)8-5-6/h3-4H2,1-2H3. The van der Waals surface area contributed by atoms with Crippen LogP contribution in [-0.4, -0.2) is 17.4 Å². The Morgan fingerprint density at radius 3 is 2.12 bits per heavy atom. The first-order chi connectivity index (χ1) is 3.85. The molecule has 3 heteroatoms. The van der Waals surface area contributed by atoms with Crippen molar-refractivity contribution in [3.63, 3.8) is 0 Å². The molecule has 46 valence electrons. The lowest BCUT2D eigenvalue weighted by molar-refractivity contribution is 0.528. The number of thiocyanates is 1. The van der Waals surface area contributed by atoms with Crippen molar-refractivity contribution in [1.82, 2.24) is 4.31 Å². The van der Waals surface area contributed by atoms with Crippen molar-refractivity contribution in [2.75, 3.05) is 13.1 Å². The third-order valence-corrected chi connectivity index (χ3v) is 1.73. The van der Waals surface area contributed by atoms with E-state index in [4.69, 9.17) is 5.26 Å². The van der Waals surface area contributed by atoms with E-state index in [-0.39, 0.29) is 0 Å². The van der Waals surface area contributed by atoms with Gasteiger partial charge < -0.3 is 0 Å². The number of nitrogens with zero attached hydrogens (tertiary/aromatic N) is 2. The molecule has 0 N–H and O–H groups in total. The highest BCUT2D eigenvalue weighted by molar-refractivity contribution is 8.01. The summed E-state index contributed by atoms with van der Waals surface area (Å²) < 4.78 is 1.99. The third-order valence-electron chi connectivity index (χ3n) is 0.875. The molecule has 0 aromatic carbocycles. The quantitative estimate of drug-likeness (QED) is 0.427. The van der Waals surface area contributed by atoms with Gasteiger partial charge in [-0.05, 0) is 0 Å². The molecule has 0 saturated heterocycles. The van der Waals surface area contributed by atoms with Crippen LogP contribution in [0.4, 0.5) is 0 Å². The molecule has 0 aromatic rings. The van der Waals surface area contributed by atoms with Crippen LogP contribution >= 0.6 is 11.9 Å². The van der Waals surface area contributed by atoms with Gasteiger partial charge in [-0.2, -0.15) is 5.26 Å². The average molecular weight is 130 g/mol. The van der Waals surface area contributed by atoms with E-state index in [2.05, 4.69) is 0 Å². The van der Waals surface area contributed by atoms with Gasteiger partial charge in [-0.25, -0.2) is 4.31 Å². The largest absolute Gasteiger partial charge is 0.238 e. The maximum absolute atomic E-state index is 8.17. The second-order valence-electron chi connectivity index (χ2n) is 1.30. The fraction of sp³-hybridized carbons (Fsp3) is 0.800. The van der Waals surface area contributed by atoms with Crippen molar-refractivity contribution in [2.24, 2.45) is 0 Å². The highest BCUT2D eigenvalue weighted by atomic mass is 32.2. The Bertz CT molecular complexity index is 82.9. The van der Waals surface area contributed by atoms with Crippen LogP contribution in [-0.2, 0) is 0 Å². The zero-order valence-corrected chi connectivity index (χ0v) is 6.03. The Labute approximate surface area is 54.6 Å². The highest BCUT2D eigenvalue weighted by Gasteiger charge is 1.94. The predicted octanol–water partition coefficient (Wildman–Crippen LogP) is 1.46.